The molecular weight excluding hydrogens is 312 g/mol. The lowest BCUT2D eigenvalue weighted by atomic mass is 10.2. The van der Waals surface area contributed by atoms with Gasteiger partial charge in [0.2, 0.25) is 5.91 Å². The molecule has 0 atom stereocenters. The number of nitrogens with zero attached hydrogens (tertiary/aromatic N) is 2. The predicted octanol–water partition coefficient (Wildman–Crippen LogP) is 3.22. The summed E-state index contributed by atoms with van der Waals surface area (Å²) in [5, 5.41) is 0.535. The minimum Gasteiger partial charge on any atom is -0.336 e. The largest absolute Gasteiger partial charge is 0.336 e. The molecule has 0 bridgehead atoms. The third kappa shape index (κ3) is 3.54. The molecule has 0 N–H and O–H groups in total. The van der Waals surface area contributed by atoms with Crippen molar-refractivity contribution in [2.75, 3.05) is 24.5 Å². The van der Waals surface area contributed by atoms with Gasteiger partial charge in [0.15, 0.2) is 0 Å². The molecular formula is C18H17ClN2O2. The van der Waals surface area contributed by atoms with E-state index >= 15 is 0 Å². The molecule has 2 aromatic carbocycles. The Morgan fingerprint density at radius 2 is 1.74 bits per heavy atom. The van der Waals surface area contributed by atoms with Gasteiger partial charge in [-0.3, -0.25) is 9.59 Å². The number of para-hydroxylation sites is 1. The standard InChI is InChI=1S/C18H17ClN2O2/c19-15-6-4-5-14(13-15)18(23)20-10-9-17(22)21(12-11-20)16-7-2-1-3-8-16/h1-8,13H,9-12H2. The third-order valence-corrected chi connectivity index (χ3v) is 4.15. The number of amides is 2. The zero-order chi connectivity index (χ0) is 16.2. The fourth-order valence-electron chi connectivity index (χ4n) is 2.71. The number of hydrogen-bond acceptors (Lipinski definition) is 2. The number of carbonyl (C=O) groups is 2. The van der Waals surface area contributed by atoms with Crippen molar-refractivity contribution < 1.29 is 9.59 Å². The Morgan fingerprint density at radius 3 is 2.48 bits per heavy atom. The molecule has 1 saturated heterocycles. The minimum atomic E-state index is -0.0878. The second kappa shape index (κ2) is 6.84. The first kappa shape index (κ1) is 15.6. The van der Waals surface area contributed by atoms with Crippen LogP contribution in [0.25, 0.3) is 0 Å². The molecule has 1 heterocycles. The van der Waals surface area contributed by atoms with Crippen LogP contribution in [0.1, 0.15) is 16.8 Å². The number of benzene rings is 2. The van der Waals surface area contributed by atoms with Gasteiger partial charge in [-0.2, -0.15) is 0 Å². The van der Waals surface area contributed by atoms with Crippen LogP contribution < -0.4 is 4.90 Å². The number of carbonyl (C=O) groups excluding carboxylic acids is 2. The number of halogens is 1. The Hall–Kier alpha value is -2.33. The van der Waals surface area contributed by atoms with E-state index in [0.717, 1.165) is 5.69 Å². The summed E-state index contributed by atoms with van der Waals surface area (Å²) in [4.78, 5) is 28.4. The molecule has 3 rings (SSSR count). The molecule has 2 aromatic rings. The van der Waals surface area contributed by atoms with Crippen molar-refractivity contribution in [3.8, 4) is 0 Å². The molecule has 1 aliphatic rings. The van der Waals surface area contributed by atoms with E-state index in [9.17, 15) is 9.59 Å². The normalized spacial score (nSPS) is 15.4. The zero-order valence-corrected chi connectivity index (χ0v) is 13.4. The molecule has 23 heavy (non-hydrogen) atoms. The van der Waals surface area contributed by atoms with Gasteiger partial charge >= 0.3 is 0 Å². The predicted molar refractivity (Wildman–Crippen MR) is 90.8 cm³/mol. The summed E-state index contributed by atoms with van der Waals surface area (Å²) >= 11 is 5.95. The molecule has 1 aliphatic heterocycles. The van der Waals surface area contributed by atoms with E-state index in [4.69, 9.17) is 11.6 Å². The molecule has 2 amide bonds. The number of anilines is 1. The molecule has 0 unspecified atom stereocenters. The second-order valence-corrected chi connectivity index (χ2v) is 5.87. The lowest BCUT2D eigenvalue weighted by molar-refractivity contribution is -0.118. The molecule has 0 saturated carbocycles. The van der Waals surface area contributed by atoms with E-state index in [0.29, 0.717) is 36.6 Å². The van der Waals surface area contributed by atoms with Crippen LogP contribution in [-0.2, 0) is 4.79 Å². The van der Waals surface area contributed by atoms with E-state index < -0.39 is 0 Å². The van der Waals surface area contributed by atoms with Crippen LogP contribution in [0.4, 0.5) is 5.69 Å². The van der Waals surface area contributed by atoms with Crippen molar-refractivity contribution in [2.45, 2.75) is 6.42 Å². The van der Waals surface area contributed by atoms with Gasteiger partial charge in [0.05, 0.1) is 0 Å². The fourth-order valence-corrected chi connectivity index (χ4v) is 2.90. The summed E-state index contributed by atoms with van der Waals surface area (Å²) in [6, 6.07) is 16.4. The Morgan fingerprint density at radius 1 is 0.957 bits per heavy atom. The topological polar surface area (TPSA) is 40.6 Å². The van der Waals surface area contributed by atoms with Gasteiger partial charge in [-0.1, -0.05) is 35.9 Å². The monoisotopic (exact) mass is 328 g/mol. The maximum atomic E-state index is 12.6. The lowest BCUT2D eigenvalue weighted by Gasteiger charge is -2.22. The van der Waals surface area contributed by atoms with Crippen molar-refractivity contribution in [2.24, 2.45) is 0 Å². The first-order chi connectivity index (χ1) is 11.1. The Kier molecular flexibility index (Phi) is 4.63. The second-order valence-electron chi connectivity index (χ2n) is 5.43. The smallest absolute Gasteiger partial charge is 0.253 e. The lowest BCUT2D eigenvalue weighted by Crippen LogP contribution is -2.35. The van der Waals surface area contributed by atoms with Gasteiger partial charge in [-0.25, -0.2) is 0 Å². The van der Waals surface area contributed by atoms with Crippen LogP contribution >= 0.6 is 11.6 Å². The van der Waals surface area contributed by atoms with Gasteiger partial charge in [0, 0.05) is 42.3 Å². The highest BCUT2D eigenvalue weighted by Crippen LogP contribution is 2.19. The highest BCUT2D eigenvalue weighted by Gasteiger charge is 2.25. The minimum absolute atomic E-state index is 0.0394. The van der Waals surface area contributed by atoms with Gasteiger partial charge in [-0.05, 0) is 30.3 Å². The SMILES string of the molecule is O=C(c1cccc(Cl)c1)N1CCC(=O)N(c2ccccc2)CC1. The van der Waals surface area contributed by atoms with Crippen molar-refractivity contribution in [1.82, 2.24) is 4.90 Å². The maximum Gasteiger partial charge on any atom is 0.253 e. The van der Waals surface area contributed by atoms with Gasteiger partial charge in [0.25, 0.3) is 5.91 Å². The van der Waals surface area contributed by atoms with Crippen LogP contribution in [0.15, 0.2) is 54.6 Å². The highest BCUT2D eigenvalue weighted by molar-refractivity contribution is 6.30. The maximum absolute atomic E-state index is 12.6. The Labute approximate surface area is 140 Å². The van der Waals surface area contributed by atoms with E-state index in [-0.39, 0.29) is 11.8 Å². The van der Waals surface area contributed by atoms with Gasteiger partial charge in [0.1, 0.15) is 0 Å². The van der Waals surface area contributed by atoms with Crippen LogP contribution in [0.5, 0.6) is 0 Å². The quantitative estimate of drug-likeness (QED) is 0.849. The van der Waals surface area contributed by atoms with Gasteiger partial charge in [-0.15, -0.1) is 0 Å². The number of hydrogen-bond donors (Lipinski definition) is 0. The summed E-state index contributed by atoms with van der Waals surface area (Å²) in [7, 11) is 0. The number of rotatable bonds is 2. The van der Waals surface area contributed by atoms with Crippen LogP contribution in [0.2, 0.25) is 5.02 Å². The summed E-state index contributed by atoms with van der Waals surface area (Å²) in [5.74, 6) is -0.0483. The average molecular weight is 329 g/mol. The summed E-state index contributed by atoms with van der Waals surface area (Å²) in [5.41, 5.74) is 1.42. The molecule has 0 radical (unpaired) electrons. The highest BCUT2D eigenvalue weighted by atomic mass is 35.5. The molecule has 5 heteroatoms. The average Bonchev–Trinajstić information content (AvgIpc) is 2.77. The third-order valence-electron chi connectivity index (χ3n) is 3.92. The van der Waals surface area contributed by atoms with E-state index in [1.165, 1.54) is 0 Å². The van der Waals surface area contributed by atoms with Crippen LogP contribution in [0, 0.1) is 0 Å². The van der Waals surface area contributed by atoms with Gasteiger partial charge < -0.3 is 9.80 Å². The zero-order valence-electron chi connectivity index (χ0n) is 12.6. The van der Waals surface area contributed by atoms with Crippen LogP contribution in [-0.4, -0.2) is 36.3 Å². The molecule has 118 valence electrons. The van der Waals surface area contributed by atoms with Crippen molar-refractivity contribution in [3.63, 3.8) is 0 Å². The fraction of sp³-hybridized carbons (Fsp3) is 0.222. The van der Waals surface area contributed by atoms with Crippen molar-refractivity contribution >= 4 is 29.1 Å². The first-order valence-electron chi connectivity index (χ1n) is 7.55. The van der Waals surface area contributed by atoms with E-state index in [2.05, 4.69) is 0 Å². The van der Waals surface area contributed by atoms with Crippen molar-refractivity contribution in [3.05, 3.63) is 65.2 Å². The molecule has 4 nitrogen and oxygen atoms in total. The molecule has 0 aromatic heterocycles. The molecule has 0 aliphatic carbocycles. The molecule has 0 spiro atoms. The van der Waals surface area contributed by atoms with E-state index in [1.807, 2.05) is 30.3 Å². The Bertz CT molecular complexity index is 718. The van der Waals surface area contributed by atoms with Crippen LogP contribution in [0.3, 0.4) is 0 Å². The Balaban J connectivity index is 1.75. The first-order valence-corrected chi connectivity index (χ1v) is 7.93. The summed E-state index contributed by atoms with van der Waals surface area (Å²) in [6.07, 6.45) is 0.321. The molecule has 1 fully saturated rings. The van der Waals surface area contributed by atoms with Crippen molar-refractivity contribution in [1.29, 1.82) is 0 Å². The summed E-state index contributed by atoms with van der Waals surface area (Å²) in [6.45, 7) is 1.43. The summed E-state index contributed by atoms with van der Waals surface area (Å²) < 4.78 is 0. The van der Waals surface area contributed by atoms with E-state index in [1.54, 1.807) is 34.1 Å².